The van der Waals surface area contributed by atoms with E-state index in [9.17, 15) is 9.59 Å². The minimum Gasteiger partial charge on any atom is -0.481 e. The van der Waals surface area contributed by atoms with Crippen molar-refractivity contribution in [1.82, 2.24) is 10.6 Å². The standard InChI is InChI=1S/C16H22N2O3/c19-15(20)9-10-17-16(21)18-14-8-4-7-13(14)11-12-5-2-1-3-6-12/h1-3,5-6,13-14H,4,7-11H2,(H,19,20)(H2,17,18,21). The molecule has 0 radical (unpaired) electrons. The number of carboxylic acids is 1. The summed E-state index contributed by atoms with van der Waals surface area (Å²) < 4.78 is 0. The van der Waals surface area contributed by atoms with E-state index in [1.807, 2.05) is 18.2 Å². The summed E-state index contributed by atoms with van der Waals surface area (Å²) in [5.41, 5.74) is 1.29. The second-order valence-corrected chi connectivity index (χ2v) is 5.53. The Kier molecular flexibility index (Phi) is 5.60. The van der Waals surface area contributed by atoms with E-state index in [4.69, 9.17) is 5.11 Å². The molecule has 2 unspecified atom stereocenters. The van der Waals surface area contributed by atoms with Crippen LogP contribution in [0.5, 0.6) is 0 Å². The SMILES string of the molecule is O=C(O)CCNC(=O)NC1CCCC1Cc1ccccc1. The summed E-state index contributed by atoms with van der Waals surface area (Å²) in [5.74, 6) is -0.448. The predicted octanol–water partition coefficient (Wildman–Crippen LogP) is 2.17. The summed E-state index contributed by atoms with van der Waals surface area (Å²) in [7, 11) is 0. The van der Waals surface area contributed by atoms with Crippen LogP contribution in [-0.2, 0) is 11.2 Å². The fourth-order valence-electron chi connectivity index (χ4n) is 2.89. The predicted molar refractivity (Wildman–Crippen MR) is 80.1 cm³/mol. The molecule has 21 heavy (non-hydrogen) atoms. The van der Waals surface area contributed by atoms with Crippen molar-refractivity contribution in [2.24, 2.45) is 5.92 Å². The molecule has 0 heterocycles. The van der Waals surface area contributed by atoms with Crippen LogP contribution in [0.15, 0.2) is 30.3 Å². The summed E-state index contributed by atoms with van der Waals surface area (Å²) >= 11 is 0. The lowest BCUT2D eigenvalue weighted by Crippen LogP contribution is -2.44. The zero-order valence-electron chi connectivity index (χ0n) is 12.0. The molecule has 0 saturated heterocycles. The molecule has 0 aromatic heterocycles. The largest absolute Gasteiger partial charge is 0.481 e. The van der Waals surface area contributed by atoms with Gasteiger partial charge in [-0.2, -0.15) is 0 Å². The van der Waals surface area contributed by atoms with E-state index in [1.165, 1.54) is 5.56 Å². The van der Waals surface area contributed by atoms with Gasteiger partial charge in [-0.15, -0.1) is 0 Å². The molecule has 0 aliphatic heterocycles. The van der Waals surface area contributed by atoms with Crippen LogP contribution < -0.4 is 10.6 Å². The van der Waals surface area contributed by atoms with Crippen molar-refractivity contribution in [2.45, 2.75) is 38.1 Å². The summed E-state index contributed by atoms with van der Waals surface area (Å²) in [4.78, 5) is 22.2. The highest BCUT2D eigenvalue weighted by Crippen LogP contribution is 2.28. The van der Waals surface area contributed by atoms with Gasteiger partial charge in [0.25, 0.3) is 0 Å². The van der Waals surface area contributed by atoms with Crippen molar-refractivity contribution in [1.29, 1.82) is 0 Å². The zero-order chi connectivity index (χ0) is 15.1. The van der Waals surface area contributed by atoms with Crippen molar-refractivity contribution in [3.8, 4) is 0 Å². The van der Waals surface area contributed by atoms with Crippen LogP contribution >= 0.6 is 0 Å². The highest BCUT2D eigenvalue weighted by atomic mass is 16.4. The maximum atomic E-state index is 11.8. The van der Waals surface area contributed by atoms with E-state index >= 15 is 0 Å². The van der Waals surface area contributed by atoms with Crippen LogP contribution in [0.25, 0.3) is 0 Å². The Labute approximate surface area is 124 Å². The lowest BCUT2D eigenvalue weighted by molar-refractivity contribution is -0.136. The number of benzene rings is 1. The molecule has 2 amide bonds. The molecule has 2 atom stereocenters. The van der Waals surface area contributed by atoms with Crippen molar-refractivity contribution in [2.75, 3.05) is 6.54 Å². The van der Waals surface area contributed by atoms with Crippen LogP contribution in [0.2, 0.25) is 0 Å². The van der Waals surface area contributed by atoms with E-state index in [0.717, 1.165) is 25.7 Å². The van der Waals surface area contributed by atoms with Gasteiger partial charge in [0.05, 0.1) is 6.42 Å². The molecule has 1 fully saturated rings. The van der Waals surface area contributed by atoms with E-state index < -0.39 is 5.97 Å². The van der Waals surface area contributed by atoms with E-state index in [2.05, 4.69) is 22.8 Å². The number of hydrogen-bond acceptors (Lipinski definition) is 2. The van der Waals surface area contributed by atoms with Gasteiger partial charge in [0.2, 0.25) is 0 Å². The maximum Gasteiger partial charge on any atom is 0.315 e. The van der Waals surface area contributed by atoms with Gasteiger partial charge in [0.15, 0.2) is 0 Å². The first-order valence-electron chi connectivity index (χ1n) is 7.45. The average molecular weight is 290 g/mol. The van der Waals surface area contributed by atoms with E-state index in [1.54, 1.807) is 0 Å². The Balaban J connectivity index is 1.79. The fourth-order valence-corrected chi connectivity index (χ4v) is 2.89. The molecule has 1 aromatic rings. The van der Waals surface area contributed by atoms with Crippen molar-refractivity contribution in [3.05, 3.63) is 35.9 Å². The number of carbonyl (C=O) groups is 2. The maximum absolute atomic E-state index is 11.8. The van der Waals surface area contributed by atoms with Crippen LogP contribution in [0.4, 0.5) is 4.79 Å². The van der Waals surface area contributed by atoms with Crippen LogP contribution in [-0.4, -0.2) is 29.7 Å². The number of urea groups is 1. The molecule has 5 heteroatoms. The average Bonchev–Trinajstić information content (AvgIpc) is 2.86. The molecule has 0 spiro atoms. The van der Waals surface area contributed by atoms with Crippen molar-refractivity contribution < 1.29 is 14.7 Å². The van der Waals surface area contributed by atoms with Crippen LogP contribution in [0.1, 0.15) is 31.2 Å². The molecule has 2 rings (SSSR count). The van der Waals surface area contributed by atoms with Crippen molar-refractivity contribution in [3.63, 3.8) is 0 Å². The van der Waals surface area contributed by atoms with Gasteiger partial charge in [0, 0.05) is 12.6 Å². The highest BCUT2D eigenvalue weighted by Gasteiger charge is 2.28. The monoisotopic (exact) mass is 290 g/mol. The van der Waals surface area contributed by atoms with Gasteiger partial charge in [0.1, 0.15) is 0 Å². The van der Waals surface area contributed by atoms with Gasteiger partial charge >= 0.3 is 12.0 Å². The van der Waals surface area contributed by atoms with E-state index in [-0.39, 0.29) is 25.0 Å². The van der Waals surface area contributed by atoms with E-state index in [0.29, 0.717) is 5.92 Å². The minimum absolute atomic E-state index is 0.0501. The molecular formula is C16H22N2O3. The van der Waals surface area contributed by atoms with Gasteiger partial charge in [-0.05, 0) is 30.7 Å². The third-order valence-electron chi connectivity index (χ3n) is 3.94. The van der Waals surface area contributed by atoms with Gasteiger partial charge in [-0.25, -0.2) is 4.79 Å². The Morgan fingerprint density at radius 2 is 1.95 bits per heavy atom. The number of nitrogens with one attached hydrogen (secondary N) is 2. The summed E-state index contributed by atoms with van der Waals surface area (Å²) in [6.07, 6.45) is 4.16. The molecule has 3 N–H and O–H groups in total. The molecule has 1 aromatic carbocycles. The van der Waals surface area contributed by atoms with Gasteiger partial charge in [-0.1, -0.05) is 36.8 Å². The highest BCUT2D eigenvalue weighted by molar-refractivity contribution is 5.75. The second kappa shape index (κ2) is 7.67. The molecule has 1 aliphatic rings. The lowest BCUT2D eigenvalue weighted by atomic mass is 9.95. The molecule has 1 saturated carbocycles. The molecule has 5 nitrogen and oxygen atoms in total. The van der Waals surface area contributed by atoms with Crippen LogP contribution in [0.3, 0.4) is 0 Å². The molecule has 114 valence electrons. The first-order valence-corrected chi connectivity index (χ1v) is 7.45. The topological polar surface area (TPSA) is 78.4 Å². The number of carboxylic acid groups (broad SMARTS) is 1. The molecular weight excluding hydrogens is 268 g/mol. The van der Waals surface area contributed by atoms with Gasteiger partial charge < -0.3 is 15.7 Å². The third-order valence-corrected chi connectivity index (χ3v) is 3.94. The smallest absolute Gasteiger partial charge is 0.315 e. The third kappa shape index (κ3) is 5.10. The molecule has 0 bridgehead atoms. The lowest BCUT2D eigenvalue weighted by Gasteiger charge is -2.21. The fraction of sp³-hybridized carbons (Fsp3) is 0.500. The minimum atomic E-state index is -0.905. The van der Waals surface area contributed by atoms with Crippen LogP contribution in [0, 0.1) is 5.92 Å². The van der Waals surface area contributed by atoms with Gasteiger partial charge in [-0.3, -0.25) is 4.79 Å². The Morgan fingerprint density at radius 3 is 2.67 bits per heavy atom. The Morgan fingerprint density at radius 1 is 1.19 bits per heavy atom. The number of aliphatic carboxylic acids is 1. The first kappa shape index (κ1) is 15.4. The first-order chi connectivity index (χ1) is 10.1. The summed E-state index contributed by atoms with van der Waals surface area (Å²) in [5, 5.41) is 14.1. The normalized spacial score (nSPS) is 21.0. The second-order valence-electron chi connectivity index (χ2n) is 5.53. The number of carbonyl (C=O) groups excluding carboxylic acids is 1. The number of rotatable bonds is 6. The zero-order valence-corrected chi connectivity index (χ0v) is 12.0. The quantitative estimate of drug-likeness (QED) is 0.751. The summed E-state index contributed by atoms with van der Waals surface area (Å²) in [6.45, 7) is 0.164. The molecule has 1 aliphatic carbocycles. The Bertz CT molecular complexity index is 476. The summed E-state index contributed by atoms with van der Waals surface area (Å²) in [6, 6.07) is 10.2. The number of amides is 2. The Hall–Kier alpha value is -2.04. The van der Waals surface area contributed by atoms with Crippen molar-refractivity contribution >= 4 is 12.0 Å². The number of hydrogen-bond donors (Lipinski definition) is 3.